The van der Waals surface area contributed by atoms with Crippen LogP contribution in [0.25, 0.3) is 33.2 Å². The normalized spacial score (nSPS) is 13.2. The summed E-state index contributed by atoms with van der Waals surface area (Å²) in [5.74, 6) is 0. The van der Waals surface area contributed by atoms with E-state index in [2.05, 4.69) is 102 Å². The van der Waals surface area contributed by atoms with E-state index in [0.29, 0.717) is 0 Å². The maximum atomic E-state index is 2.43. The molecule has 1 saturated heterocycles. The minimum atomic E-state index is 1.11. The van der Waals surface area contributed by atoms with Gasteiger partial charge in [-0.25, -0.2) is 0 Å². The number of hydrogen-bond acceptors (Lipinski definition) is 1. The lowest BCUT2D eigenvalue weighted by atomic mass is 9.93. The molecule has 1 fully saturated rings. The quantitative estimate of drug-likeness (QED) is 0.387. The summed E-state index contributed by atoms with van der Waals surface area (Å²) in [6.07, 6.45) is 0. The van der Waals surface area contributed by atoms with Crippen molar-refractivity contribution in [3.63, 3.8) is 0 Å². The first-order chi connectivity index (χ1) is 12.8. The van der Waals surface area contributed by atoms with Gasteiger partial charge in [-0.2, -0.15) is 5.01 Å². The largest absolute Gasteiger partial charge is 0.251 e. The average Bonchev–Trinajstić information content (AvgIpc) is 3.54. The van der Waals surface area contributed by atoms with E-state index in [0.717, 1.165) is 13.1 Å². The highest BCUT2D eigenvalue weighted by molar-refractivity contribution is 6.02. The number of hydrogen-bond donors (Lipinski definition) is 0. The van der Waals surface area contributed by atoms with Crippen molar-refractivity contribution >= 4 is 10.8 Å². The first-order valence-electron chi connectivity index (χ1n) is 9.18. The molecule has 26 heavy (non-hydrogen) atoms. The molecule has 0 radical (unpaired) electrons. The maximum Gasteiger partial charge on any atom is 0.251 e. The second-order valence-corrected chi connectivity index (χ2v) is 6.85. The van der Waals surface area contributed by atoms with Crippen LogP contribution in [-0.2, 0) is 0 Å². The zero-order valence-corrected chi connectivity index (χ0v) is 14.9. The number of pyridine rings is 1. The lowest BCUT2D eigenvalue weighted by Crippen LogP contribution is -2.50. The Labute approximate surface area is 153 Å². The Balaban J connectivity index is 1.98. The van der Waals surface area contributed by atoms with E-state index in [4.69, 9.17) is 0 Å². The molecule has 3 aromatic carbocycles. The van der Waals surface area contributed by atoms with Crippen LogP contribution >= 0.6 is 0 Å². The van der Waals surface area contributed by atoms with Crippen LogP contribution in [0.4, 0.5) is 0 Å². The fourth-order valence-electron chi connectivity index (χ4n) is 3.89. The zero-order chi connectivity index (χ0) is 17.5. The molecule has 0 bridgehead atoms. The van der Waals surface area contributed by atoms with Crippen LogP contribution in [0.3, 0.4) is 0 Å². The fraction of sp³-hybridized carbons (Fsp3) is 0.125. The molecular weight excluding hydrogens is 316 g/mol. The van der Waals surface area contributed by atoms with Gasteiger partial charge in [0.2, 0.25) is 5.69 Å². The Bertz CT molecular complexity index is 1080. The van der Waals surface area contributed by atoms with Gasteiger partial charge in [0, 0.05) is 17.9 Å². The maximum absolute atomic E-state index is 2.43. The number of fused-ring (bicyclic) bond motifs is 1. The van der Waals surface area contributed by atoms with Crippen LogP contribution in [0.5, 0.6) is 0 Å². The summed E-state index contributed by atoms with van der Waals surface area (Å²) in [6, 6.07) is 30.3. The molecule has 1 aliphatic rings. The third-order valence-corrected chi connectivity index (χ3v) is 5.17. The van der Waals surface area contributed by atoms with Crippen molar-refractivity contribution in [2.75, 3.05) is 18.1 Å². The molecule has 4 aromatic rings. The SMILES string of the molecule is Cc1c2ccccc2c(-c2ccccc2)c(-c2ccccc2)[n+]1N1CC1. The Morgan fingerprint density at radius 3 is 1.81 bits per heavy atom. The van der Waals surface area contributed by atoms with Crippen LogP contribution in [0, 0.1) is 6.92 Å². The Hall–Kier alpha value is -3.13. The van der Waals surface area contributed by atoms with Gasteiger partial charge < -0.3 is 0 Å². The summed E-state index contributed by atoms with van der Waals surface area (Å²) in [5.41, 5.74) is 6.41. The number of nitrogens with zero attached hydrogens (tertiary/aromatic N) is 2. The highest BCUT2D eigenvalue weighted by atomic mass is 15.6. The third-order valence-electron chi connectivity index (χ3n) is 5.17. The van der Waals surface area contributed by atoms with Gasteiger partial charge in [0.25, 0.3) is 5.69 Å². The fourth-order valence-corrected chi connectivity index (χ4v) is 3.89. The Kier molecular flexibility index (Phi) is 3.49. The minimum Gasteiger partial charge on any atom is -0.176 e. The molecule has 1 aromatic heterocycles. The summed E-state index contributed by atoms with van der Waals surface area (Å²) in [4.78, 5) is 0. The second-order valence-electron chi connectivity index (χ2n) is 6.85. The van der Waals surface area contributed by atoms with Crippen LogP contribution in [-0.4, -0.2) is 13.1 Å². The van der Waals surface area contributed by atoms with Crippen molar-refractivity contribution in [1.29, 1.82) is 0 Å². The molecule has 2 heteroatoms. The first-order valence-corrected chi connectivity index (χ1v) is 9.18. The van der Waals surface area contributed by atoms with Crippen molar-refractivity contribution in [3.05, 3.63) is 90.6 Å². The smallest absolute Gasteiger partial charge is 0.176 e. The standard InChI is InChI=1S/C24H21N2/c1-18-21-14-8-9-15-22(21)23(19-10-4-2-5-11-19)24(26(18)25-16-17-25)20-12-6-3-7-13-20/h2-15H,16-17H2,1H3/q+1. The number of rotatable bonds is 3. The summed E-state index contributed by atoms with van der Waals surface area (Å²) in [6.45, 7) is 4.46. The molecule has 126 valence electrons. The van der Waals surface area contributed by atoms with Crippen LogP contribution in [0.15, 0.2) is 84.9 Å². The number of benzene rings is 3. The topological polar surface area (TPSA) is 6.89 Å². The molecule has 0 aliphatic carbocycles. The van der Waals surface area contributed by atoms with Crippen molar-refractivity contribution in [2.24, 2.45) is 0 Å². The summed E-state index contributed by atoms with van der Waals surface area (Å²) in [7, 11) is 0. The molecule has 5 rings (SSSR count). The second kappa shape index (κ2) is 5.99. The molecule has 0 N–H and O–H groups in total. The minimum absolute atomic E-state index is 1.11. The van der Waals surface area contributed by atoms with E-state index in [1.165, 1.54) is 38.9 Å². The van der Waals surface area contributed by atoms with Crippen LogP contribution in [0.1, 0.15) is 5.69 Å². The molecule has 0 amide bonds. The van der Waals surface area contributed by atoms with Crippen LogP contribution < -0.4 is 9.69 Å². The van der Waals surface area contributed by atoms with E-state index in [1.54, 1.807) is 0 Å². The lowest BCUT2D eigenvalue weighted by molar-refractivity contribution is -0.668. The molecule has 0 atom stereocenters. The molecule has 0 spiro atoms. The molecule has 0 saturated carbocycles. The summed E-state index contributed by atoms with van der Waals surface area (Å²) in [5, 5.41) is 5.04. The van der Waals surface area contributed by atoms with Crippen LogP contribution in [0.2, 0.25) is 0 Å². The van der Waals surface area contributed by atoms with Gasteiger partial charge in [-0.3, -0.25) is 0 Å². The predicted octanol–water partition coefficient (Wildman–Crippen LogP) is 4.72. The van der Waals surface area contributed by atoms with Crippen molar-refractivity contribution in [2.45, 2.75) is 6.92 Å². The lowest BCUT2D eigenvalue weighted by Gasteiger charge is -2.15. The highest BCUT2D eigenvalue weighted by Gasteiger charge is 2.36. The monoisotopic (exact) mass is 337 g/mol. The zero-order valence-electron chi connectivity index (χ0n) is 14.9. The number of aromatic nitrogens is 1. The van der Waals surface area contributed by atoms with Gasteiger partial charge in [-0.05, 0) is 23.8 Å². The number of aryl methyl sites for hydroxylation is 1. The Morgan fingerprint density at radius 1 is 0.654 bits per heavy atom. The first kappa shape index (κ1) is 15.2. The predicted molar refractivity (Wildman–Crippen MR) is 108 cm³/mol. The molecular formula is C24H21N2+. The Morgan fingerprint density at radius 2 is 1.19 bits per heavy atom. The van der Waals surface area contributed by atoms with E-state index in [9.17, 15) is 0 Å². The van der Waals surface area contributed by atoms with Crippen molar-refractivity contribution in [3.8, 4) is 22.4 Å². The summed E-state index contributed by atoms with van der Waals surface area (Å²) < 4.78 is 2.43. The van der Waals surface area contributed by atoms with Crippen molar-refractivity contribution in [1.82, 2.24) is 0 Å². The molecule has 0 unspecified atom stereocenters. The molecule has 2 heterocycles. The van der Waals surface area contributed by atoms with Gasteiger partial charge >= 0.3 is 0 Å². The molecule has 2 nitrogen and oxygen atoms in total. The molecule has 1 aliphatic heterocycles. The van der Waals surface area contributed by atoms with E-state index >= 15 is 0 Å². The van der Waals surface area contributed by atoms with E-state index in [1.807, 2.05) is 0 Å². The summed E-state index contributed by atoms with van der Waals surface area (Å²) >= 11 is 0. The van der Waals surface area contributed by atoms with Gasteiger partial charge in [-0.15, -0.1) is 0 Å². The highest BCUT2D eigenvalue weighted by Crippen LogP contribution is 2.37. The van der Waals surface area contributed by atoms with Gasteiger partial charge in [-0.1, -0.05) is 71.4 Å². The average molecular weight is 337 g/mol. The van der Waals surface area contributed by atoms with E-state index < -0.39 is 0 Å². The van der Waals surface area contributed by atoms with Gasteiger partial charge in [0.15, 0.2) is 0 Å². The third kappa shape index (κ3) is 2.38. The van der Waals surface area contributed by atoms with E-state index in [-0.39, 0.29) is 0 Å². The van der Waals surface area contributed by atoms with Crippen molar-refractivity contribution < 1.29 is 4.68 Å². The van der Waals surface area contributed by atoms with Gasteiger partial charge in [0.05, 0.1) is 24.0 Å². The van der Waals surface area contributed by atoms with Gasteiger partial charge in [0.1, 0.15) is 0 Å².